The van der Waals surface area contributed by atoms with Crippen LogP contribution in [-0.4, -0.2) is 29.5 Å². The zero-order chi connectivity index (χ0) is 17.8. The highest BCUT2D eigenvalue weighted by molar-refractivity contribution is 5.94. The van der Waals surface area contributed by atoms with E-state index in [4.69, 9.17) is 16.2 Å². The first-order valence-corrected chi connectivity index (χ1v) is 7.83. The third kappa shape index (κ3) is 8.57. The Balaban J connectivity index is 2.09. The van der Waals surface area contributed by atoms with Gasteiger partial charge in [0.15, 0.2) is 0 Å². The van der Waals surface area contributed by atoms with Crippen molar-refractivity contribution >= 4 is 17.8 Å². The van der Waals surface area contributed by atoms with E-state index in [0.29, 0.717) is 18.5 Å². The maximum Gasteiger partial charge on any atom is 0.318 e. The molecule has 0 fully saturated rings. The normalized spacial score (nSPS) is 10.5. The first-order chi connectivity index (χ1) is 11.5. The monoisotopic (exact) mass is 332 g/mol. The molecule has 1 aromatic rings. The lowest BCUT2D eigenvalue weighted by atomic mass is 10.1. The minimum Gasteiger partial charge on any atom is -0.481 e. The van der Waals surface area contributed by atoms with Crippen molar-refractivity contribution in [2.24, 2.45) is 5.73 Å². The molecule has 24 heavy (non-hydrogen) atoms. The molecule has 2 amide bonds. The number of unbranched alkanes of at least 4 members (excludes halogenated alkanes) is 1. The maximum atomic E-state index is 11.5. The minimum absolute atomic E-state index is 0.0488. The average Bonchev–Trinajstić information content (AvgIpc) is 2.54. The molecule has 1 aromatic carbocycles. The summed E-state index contributed by atoms with van der Waals surface area (Å²) in [6, 6.07) is 7.28. The van der Waals surface area contributed by atoms with Crippen LogP contribution in [-0.2, 0) is 11.2 Å². The summed E-state index contributed by atoms with van der Waals surface area (Å²) in [5.74, 6) is -0.797. The number of hydrogen-bond donors (Lipinski definition) is 5. The van der Waals surface area contributed by atoms with Gasteiger partial charge in [-0.1, -0.05) is 30.3 Å². The molecule has 0 saturated heterocycles. The van der Waals surface area contributed by atoms with Crippen molar-refractivity contribution in [2.75, 3.05) is 6.54 Å². The Hall–Kier alpha value is -2.83. The minimum atomic E-state index is -0.861. The second kappa shape index (κ2) is 10.8. The van der Waals surface area contributed by atoms with Crippen LogP contribution in [0.4, 0.5) is 4.79 Å². The van der Waals surface area contributed by atoms with Crippen molar-refractivity contribution in [3.8, 4) is 0 Å². The molecule has 0 saturated carbocycles. The van der Waals surface area contributed by atoms with Gasteiger partial charge in [-0.05, 0) is 31.2 Å². The molecule has 0 aliphatic heterocycles. The van der Waals surface area contributed by atoms with Gasteiger partial charge in [-0.15, -0.1) is 0 Å². The summed E-state index contributed by atoms with van der Waals surface area (Å²) in [4.78, 5) is 21.8. The molecule has 0 heterocycles. The Morgan fingerprint density at radius 2 is 1.92 bits per heavy atom. The number of amides is 2. The van der Waals surface area contributed by atoms with E-state index in [-0.39, 0.29) is 18.3 Å². The van der Waals surface area contributed by atoms with Crippen LogP contribution in [0.15, 0.2) is 36.5 Å². The number of nitrogens with one attached hydrogen (secondary N) is 3. The van der Waals surface area contributed by atoms with Crippen LogP contribution in [0, 0.1) is 5.41 Å². The van der Waals surface area contributed by atoms with E-state index >= 15 is 0 Å². The van der Waals surface area contributed by atoms with Gasteiger partial charge in [0, 0.05) is 24.7 Å². The topological polar surface area (TPSA) is 128 Å². The number of carboxylic acid groups (broad SMARTS) is 1. The molecule has 0 atom stereocenters. The molecular formula is C17H24N4O3. The number of hydrogen-bond acceptors (Lipinski definition) is 3. The maximum absolute atomic E-state index is 11.5. The molecule has 0 unspecified atom stereocenters. The fourth-order valence-electron chi connectivity index (χ4n) is 1.98. The van der Waals surface area contributed by atoms with E-state index in [0.717, 1.165) is 19.3 Å². The lowest BCUT2D eigenvalue weighted by Gasteiger charge is -2.05. The molecular weight excluding hydrogens is 308 g/mol. The highest BCUT2D eigenvalue weighted by atomic mass is 16.4. The molecule has 0 aliphatic rings. The standard InChI is InChI=1S/C17H24N4O3/c18-16(19)14-9-7-13(8-10-14)5-1-3-11-20-17(24)21-12-4-2-6-15(22)23/h4,7-10,12H,1-3,5-6,11H2,(H3,18,19)(H,22,23)(H2,20,21,24). The number of carbonyl (C=O) groups is 2. The van der Waals surface area contributed by atoms with Gasteiger partial charge in [-0.2, -0.15) is 0 Å². The molecule has 7 heteroatoms. The fraction of sp³-hybridized carbons (Fsp3) is 0.353. The van der Waals surface area contributed by atoms with E-state index in [1.165, 1.54) is 11.8 Å². The number of nitrogen functional groups attached to an aromatic ring is 1. The number of aliphatic carboxylic acids is 1. The van der Waals surface area contributed by atoms with Crippen molar-refractivity contribution < 1.29 is 14.7 Å². The highest BCUT2D eigenvalue weighted by Gasteiger charge is 1.99. The lowest BCUT2D eigenvalue weighted by molar-refractivity contribution is -0.136. The Morgan fingerprint density at radius 1 is 1.21 bits per heavy atom. The molecule has 130 valence electrons. The molecule has 7 nitrogen and oxygen atoms in total. The predicted octanol–water partition coefficient (Wildman–Crippen LogP) is 1.97. The number of aryl methyl sites for hydroxylation is 1. The van der Waals surface area contributed by atoms with E-state index < -0.39 is 5.97 Å². The fourth-order valence-corrected chi connectivity index (χ4v) is 1.98. The van der Waals surface area contributed by atoms with Gasteiger partial charge in [0.05, 0.1) is 0 Å². The van der Waals surface area contributed by atoms with Crippen LogP contribution in [0.5, 0.6) is 0 Å². The van der Waals surface area contributed by atoms with Gasteiger partial charge in [0.1, 0.15) is 5.84 Å². The Kier molecular flexibility index (Phi) is 8.67. The largest absolute Gasteiger partial charge is 0.481 e. The van der Waals surface area contributed by atoms with Gasteiger partial charge >= 0.3 is 12.0 Å². The van der Waals surface area contributed by atoms with Crippen molar-refractivity contribution in [2.45, 2.75) is 32.1 Å². The smallest absolute Gasteiger partial charge is 0.318 e. The molecule has 6 N–H and O–H groups in total. The summed E-state index contributed by atoms with van der Waals surface area (Å²) in [5.41, 5.74) is 7.29. The summed E-state index contributed by atoms with van der Waals surface area (Å²) < 4.78 is 0. The molecule has 0 radical (unpaired) electrons. The number of carbonyl (C=O) groups excluding carboxylic acids is 1. The number of urea groups is 1. The van der Waals surface area contributed by atoms with Crippen LogP contribution in [0.3, 0.4) is 0 Å². The quantitative estimate of drug-likeness (QED) is 0.255. The Morgan fingerprint density at radius 3 is 2.54 bits per heavy atom. The molecule has 0 spiro atoms. The predicted molar refractivity (Wildman–Crippen MR) is 92.9 cm³/mol. The van der Waals surface area contributed by atoms with Crippen LogP contribution in [0.25, 0.3) is 0 Å². The van der Waals surface area contributed by atoms with E-state index in [1.807, 2.05) is 24.3 Å². The zero-order valence-electron chi connectivity index (χ0n) is 13.5. The van der Waals surface area contributed by atoms with Crippen LogP contribution < -0.4 is 16.4 Å². The highest BCUT2D eigenvalue weighted by Crippen LogP contribution is 2.07. The van der Waals surface area contributed by atoms with Crippen molar-refractivity contribution in [3.05, 3.63) is 47.7 Å². The van der Waals surface area contributed by atoms with Crippen LogP contribution in [0.2, 0.25) is 0 Å². The number of amidine groups is 1. The first-order valence-electron chi connectivity index (χ1n) is 7.83. The number of nitrogens with two attached hydrogens (primary N) is 1. The summed E-state index contributed by atoms with van der Waals surface area (Å²) in [6.45, 7) is 0.570. The molecule has 0 aromatic heterocycles. The van der Waals surface area contributed by atoms with Crippen LogP contribution >= 0.6 is 0 Å². The lowest BCUT2D eigenvalue weighted by Crippen LogP contribution is -2.32. The first kappa shape index (κ1) is 19.2. The number of rotatable bonds is 10. The van der Waals surface area contributed by atoms with Gasteiger partial charge in [0.2, 0.25) is 0 Å². The average molecular weight is 332 g/mol. The number of carboxylic acids is 1. The van der Waals surface area contributed by atoms with Gasteiger partial charge in [-0.25, -0.2) is 4.79 Å². The van der Waals surface area contributed by atoms with Gasteiger partial charge < -0.3 is 21.5 Å². The van der Waals surface area contributed by atoms with Crippen molar-refractivity contribution in [1.29, 1.82) is 5.41 Å². The third-order valence-corrected chi connectivity index (χ3v) is 3.30. The van der Waals surface area contributed by atoms with Crippen molar-refractivity contribution in [1.82, 2.24) is 10.6 Å². The molecule has 0 aliphatic carbocycles. The Bertz CT molecular complexity index is 582. The summed E-state index contributed by atoms with van der Waals surface area (Å²) in [5, 5.41) is 21.0. The summed E-state index contributed by atoms with van der Waals surface area (Å²) in [7, 11) is 0. The van der Waals surface area contributed by atoms with Gasteiger partial charge in [-0.3, -0.25) is 10.2 Å². The number of benzene rings is 1. The SMILES string of the molecule is N=C(N)c1ccc(CCCCNC(=O)NC=CCCC(=O)O)cc1. The second-order valence-corrected chi connectivity index (χ2v) is 5.30. The molecule has 0 bridgehead atoms. The van der Waals surface area contributed by atoms with E-state index in [1.54, 1.807) is 6.08 Å². The third-order valence-electron chi connectivity index (χ3n) is 3.30. The zero-order valence-corrected chi connectivity index (χ0v) is 13.5. The Labute approximate surface area is 141 Å². The van der Waals surface area contributed by atoms with Crippen LogP contribution in [0.1, 0.15) is 36.8 Å². The number of allylic oxidation sites excluding steroid dienone is 1. The second-order valence-electron chi connectivity index (χ2n) is 5.30. The molecule has 1 rings (SSSR count). The summed E-state index contributed by atoms with van der Waals surface area (Å²) in [6.07, 6.45) is 6.19. The van der Waals surface area contributed by atoms with E-state index in [2.05, 4.69) is 10.6 Å². The van der Waals surface area contributed by atoms with E-state index in [9.17, 15) is 9.59 Å². The van der Waals surface area contributed by atoms with Crippen molar-refractivity contribution in [3.63, 3.8) is 0 Å². The van der Waals surface area contributed by atoms with Gasteiger partial charge in [0.25, 0.3) is 0 Å². The summed E-state index contributed by atoms with van der Waals surface area (Å²) >= 11 is 0.